The number of aromatic nitrogens is 1. The van der Waals surface area contributed by atoms with Crippen LogP contribution in [0.1, 0.15) is 26.2 Å². The second-order valence-corrected chi connectivity index (χ2v) is 3.15. The van der Waals surface area contributed by atoms with E-state index in [-0.39, 0.29) is 6.42 Å². The maximum Gasteiger partial charge on any atom is 0.335 e. The second kappa shape index (κ2) is 5.44. The average Bonchev–Trinajstić information content (AvgIpc) is 2.56. The second-order valence-electron chi connectivity index (χ2n) is 3.15. The van der Waals surface area contributed by atoms with Gasteiger partial charge in [-0.3, -0.25) is 0 Å². The number of hydrogen-bond acceptors (Lipinski definition) is 3. The molecule has 0 bridgehead atoms. The normalized spacial score (nSPS) is 12.4. The predicted octanol–water partition coefficient (Wildman–Crippen LogP) is 0.994. The van der Waals surface area contributed by atoms with Crippen LogP contribution in [-0.4, -0.2) is 21.9 Å². The third-order valence-corrected chi connectivity index (χ3v) is 1.81. The summed E-state index contributed by atoms with van der Waals surface area (Å²) < 4.78 is 1.32. The zero-order valence-electron chi connectivity index (χ0n) is 8.22. The molecule has 4 heteroatoms. The lowest BCUT2D eigenvalue weighted by atomic mass is 10.1. The molecule has 0 fully saturated rings. The maximum atomic E-state index is 11.2. The van der Waals surface area contributed by atoms with Gasteiger partial charge < -0.3 is 9.94 Å². The summed E-state index contributed by atoms with van der Waals surface area (Å²) in [6, 6.07) is 3.52. The minimum absolute atomic E-state index is 0.0476. The van der Waals surface area contributed by atoms with E-state index in [9.17, 15) is 9.90 Å². The molecule has 1 N–H and O–H groups in total. The van der Waals surface area contributed by atoms with Gasteiger partial charge >= 0.3 is 5.97 Å². The topological polar surface area (TPSA) is 51.5 Å². The standard InChI is InChI=1S/C10H15NO3/c1-2-5-9(12)8-10(13)14-11-6-3-4-7-11/h3-4,6-7,9,12H,2,5,8H2,1H3. The Bertz CT molecular complexity index is 269. The minimum Gasteiger partial charge on any atom is -0.393 e. The van der Waals surface area contributed by atoms with Crippen LogP contribution in [0.2, 0.25) is 0 Å². The molecule has 0 saturated carbocycles. The van der Waals surface area contributed by atoms with Gasteiger partial charge in [-0.25, -0.2) is 4.79 Å². The fourth-order valence-corrected chi connectivity index (χ4v) is 1.16. The quantitative estimate of drug-likeness (QED) is 0.766. The van der Waals surface area contributed by atoms with Gasteiger partial charge in [0.1, 0.15) is 0 Å². The summed E-state index contributed by atoms with van der Waals surface area (Å²) >= 11 is 0. The van der Waals surface area contributed by atoms with E-state index in [2.05, 4.69) is 0 Å². The van der Waals surface area contributed by atoms with Gasteiger partial charge in [0.15, 0.2) is 0 Å². The highest BCUT2D eigenvalue weighted by molar-refractivity contribution is 5.70. The molecule has 0 aliphatic carbocycles. The van der Waals surface area contributed by atoms with E-state index in [0.717, 1.165) is 6.42 Å². The van der Waals surface area contributed by atoms with Crippen molar-refractivity contribution in [3.05, 3.63) is 24.5 Å². The first-order valence-corrected chi connectivity index (χ1v) is 4.74. The Kier molecular flexibility index (Phi) is 4.19. The molecule has 1 unspecified atom stereocenters. The van der Waals surface area contributed by atoms with E-state index in [0.29, 0.717) is 6.42 Å². The number of nitrogens with zero attached hydrogens (tertiary/aromatic N) is 1. The number of aliphatic hydroxyl groups is 1. The van der Waals surface area contributed by atoms with Crippen LogP contribution in [-0.2, 0) is 4.79 Å². The maximum absolute atomic E-state index is 11.2. The van der Waals surface area contributed by atoms with Crippen molar-refractivity contribution in [3.8, 4) is 0 Å². The molecule has 0 radical (unpaired) electrons. The van der Waals surface area contributed by atoms with Gasteiger partial charge in [0, 0.05) is 12.4 Å². The number of hydrogen-bond donors (Lipinski definition) is 1. The Morgan fingerprint density at radius 2 is 2.14 bits per heavy atom. The van der Waals surface area contributed by atoms with Gasteiger partial charge in [0.2, 0.25) is 0 Å². The molecule has 1 heterocycles. The van der Waals surface area contributed by atoms with E-state index in [1.807, 2.05) is 6.92 Å². The minimum atomic E-state index is -0.594. The van der Waals surface area contributed by atoms with Crippen LogP contribution in [0.4, 0.5) is 0 Å². The monoisotopic (exact) mass is 197 g/mol. The molecule has 78 valence electrons. The third-order valence-electron chi connectivity index (χ3n) is 1.81. The number of carbonyl (C=O) groups excluding carboxylic acids is 1. The summed E-state index contributed by atoms with van der Waals surface area (Å²) in [5.41, 5.74) is 0. The number of carbonyl (C=O) groups is 1. The highest BCUT2D eigenvalue weighted by Gasteiger charge is 2.11. The molecule has 0 aliphatic heterocycles. The predicted molar refractivity (Wildman–Crippen MR) is 51.6 cm³/mol. The first-order chi connectivity index (χ1) is 6.72. The van der Waals surface area contributed by atoms with Gasteiger partial charge in [-0.1, -0.05) is 13.3 Å². The zero-order chi connectivity index (χ0) is 10.4. The van der Waals surface area contributed by atoms with Crippen molar-refractivity contribution in [2.75, 3.05) is 0 Å². The van der Waals surface area contributed by atoms with Crippen molar-refractivity contribution in [2.24, 2.45) is 0 Å². The lowest BCUT2D eigenvalue weighted by molar-refractivity contribution is -0.146. The smallest absolute Gasteiger partial charge is 0.335 e. The zero-order valence-corrected chi connectivity index (χ0v) is 8.22. The molecule has 0 aliphatic rings. The molecule has 1 aromatic heterocycles. The van der Waals surface area contributed by atoms with E-state index >= 15 is 0 Å². The molecule has 0 aromatic carbocycles. The van der Waals surface area contributed by atoms with Crippen LogP contribution >= 0.6 is 0 Å². The van der Waals surface area contributed by atoms with E-state index in [4.69, 9.17) is 4.84 Å². The fraction of sp³-hybridized carbons (Fsp3) is 0.500. The van der Waals surface area contributed by atoms with Gasteiger partial charge in [-0.2, -0.15) is 4.73 Å². The first kappa shape index (κ1) is 10.8. The summed E-state index contributed by atoms with van der Waals surface area (Å²) in [5, 5.41) is 9.34. The summed E-state index contributed by atoms with van der Waals surface area (Å²) in [6.07, 6.45) is 4.20. The molecule has 14 heavy (non-hydrogen) atoms. The number of rotatable bonds is 5. The molecular weight excluding hydrogens is 182 g/mol. The van der Waals surface area contributed by atoms with Crippen molar-refractivity contribution in [1.29, 1.82) is 0 Å². The third kappa shape index (κ3) is 3.62. The van der Waals surface area contributed by atoms with Crippen LogP contribution < -0.4 is 4.84 Å². The summed E-state index contributed by atoms with van der Waals surface area (Å²) in [5.74, 6) is -0.415. The Labute approximate surface area is 83.1 Å². The van der Waals surface area contributed by atoms with Gasteiger partial charge in [-0.05, 0) is 18.6 Å². The lowest BCUT2D eigenvalue weighted by Gasteiger charge is -2.08. The van der Waals surface area contributed by atoms with Crippen molar-refractivity contribution >= 4 is 5.97 Å². The first-order valence-electron chi connectivity index (χ1n) is 4.74. The van der Waals surface area contributed by atoms with Gasteiger partial charge in [0.25, 0.3) is 0 Å². The van der Waals surface area contributed by atoms with Crippen LogP contribution in [0.3, 0.4) is 0 Å². The SMILES string of the molecule is CCCC(O)CC(=O)On1cccc1. The lowest BCUT2D eigenvalue weighted by Crippen LogP contribution is -2.23. The molecule has 1 rings (SSSR count). The van der Waals surface area contributed by atoms with Crippen LogP contribution in [0, 0.1) is 0 Å². The molecule has 0 spiro atoms. The molecule has 1 aromatic rings. The highest BCUT2D eigenvalue weighted by atomic mass is 16.7. The van der Waals surface area contributed by atoms with Crippen molar-refractivity contribution in [3.63, 3.8) is 0 Å². The summed E-state index contributed by atoms with van der Waals surface area (Å²) in [7, 11) is 0. The van der Waals surface area contributed by atoms with Crippen molar-refractivity contribution < 1.29 is 14.7 Å². The molecule has 4 nitrogen and oxygen atoms in total. The largest absolute Gasteiger partial charge is 0.393 e. The molecule has 0 amide bonds. The fourth-order valence-electron chi connectivity index (χ4n) is 1.16. The Balaban J connectivity index is 2.29. The highest BCUT2D eigenvalue weighted by Crippen LogP contribution is 2.01. The van der Waals surface area contributed by atoms with Crippen LogP contribution in [0.5, 0.6) is 0 Å². The van der Waals surface area contributed by atoms with E-state index in [1.54, 1.807) is 24.5 Å². The Morgan fingerprint density at radius 3 is 2.71 bits per heavy atom. The molecular formula is C10H15NO3. The number of aliphatic hydroxyl groups excluding tert-OH is 1. The van der Waals surface area contributed by atoms with Gasteiger partial charge in [-0.15, -0.1) is 0 Å². The van der Waals surface area contributed by atoms with E-state index < -0.39 is 12.1 Å². The van der Waals surface area contributed by atoms with E-state index in [1.165, 1.54) is 4.73 Å². The molecule has 0 saturated heterocycles. The van der Waals surface area contributed by atoms with Crippen molar-refractivity contribution in [2.45, 2.75) is 32.3 Å². The van der Waals surface area contributed by atoms with Crippen LogP contribution in [0.25, 0.3) is 0 Å². The van der Waals surface area contributed by atoms with Gasteiger partial charge in [0.05, 0.1) is 12.5 Å². The average molecular weight is 197 g/mol. The van der Waals surface area contributed by atoms with Crippen LogP contribution in [0.15, 0.2) is 24.5 Å². The Hall–Kier alpha value is -1.29. The summed E-state index contributed by atoms with van der Waals surface area (Å²) in [4.78, 5) is 16.1. The van der Waals surface area contributed by atoms with Crippen molar-refractivity contribution in [1.82, 2.24) is 4.73 Å². The Morgan fingerprint density at radius 1 is 1.50 bits per heavy atom. The summed E-state index contributed by atoms with van der Waals surface area (Å²) in [6.45, 7) is 1.96. The molecule has 1 atom stereocenters.